The molecule has 0 aromatic heterocycles. The minimum absolute atomic E-state index is 0.290. The molecule has 1 aromatic carbocycles. The molecule has 0 radical (unpaired) electrons. The fourth-order valence-electron chi connectivity index (χ4n) is 2.86. The van der Waals surface area contributed by atoms with E-state index in [0.29, 0.717) is 18.5 Å². The SMILES string of the molecule is CC(Cc1cc(C=O)c2c(c1)CCN2CCCN)[N+](=O)[O-]. The summed E-state index contributed by atoms with van der Waals surface area (Å²) >= 11 is 0. The molecule has 1 atom stereocenters. The third-order valence-electron chi connectivity index (χ3n) is 3.90. The highest BCUT2D eigenvalue weighted by molar-refractivity contribution is 5.87. The Hall–Kier alpha value is -1.95. The molecule has 0 bridgehead atoms. The fraction of sp³-hybridized carbons (Fsp3) is 0.533. The lowest BCUT2D eigenvalue weighted by Gasteiger charge is -2.21. The summed E-state index contributed by atoms with van der Waals surface area (Å²) in [6.07, 6.45) is 2.96. The third-order valence-corrected chi connectivity index (χ3v) is 3.90. The van der Waals surface area contributed by atoms with Crippen molar-refractivity contribution in [1.82, 2.24) is 0 Å². The second-order valence-corrected chi connectivity index (χ2v) is 5.53. The highest BCUT2D eigenvalue weighted by Gasteiger charge is 2.24. The highest BCUT2D eigenvalue weighted by Crippen LogP contribution is 2.32. The number of anilines is 1. The summed E-state index contributed by atoms with van der Waals surface area (Å²) in [4.78, 5) is 24.0. The molecule has 6 nitrogen and oxygen atoms in total. The van der Waals surface area contributed by atoms with Crippen molar-refractivity contribution in [2.75, 3.05) is 24.5 Å². The van der Waals surface area contributed by atoms with Crippen molar-refractivity contribution < 1.29 is 9.72 Å². The summed E-state index contributed by atoms with van der Waals surface area (Å²) in [6, 6.07) is 3.15. The summed E-state index contributed by atoms with van der Waals surface area (Å²) in [5.41, 5.74) is 9.13. The summed E-state index contributed by atoms with van der Waals surface area (Å²) in [5.74, 6) is 0. The Morgan fingerprint density at radius 3 is 2.90 bits per heavy atom. The average Bonchev–Trinajstić information content (AvgIpc) is 2.87. The molecule has 6 heteroatoms. The Balaban J connectivity index is 2.27. The van der Waals surface area contributed by atoms with E-state index in [1.165, 1.54) is 0 Å². The molecule has 114 valence electrons. The van der Waals surface area contributed by atoms with Gasteiger partial charge in [0.15, 0.2) is 6.29 Å². The van der Waals surface area contributed by atoms with Gasteiger partial charge in [-0.05, 0) is 36.6 Å². The maximum atomic E-state index is 11.4. The second kappa shape index (κ2) is 6.67. The van der Waals surface area contributed by atoms with Gasteiger partial charge in [-0.15, -0.1) is 0 Å². The van der Waals surface area contributed by atoms with Crippen LogP contribution in [0.25, 0.3) is 0 Å². The standard InChI is InChI=1S/C15H21N3O3/c1-11(18(20)21)7-12-8-13-3-6-17(5-2-4-16)15(13)14(9-12)10-19/h8-11H,2-7,16H2,1H3. The van der Waals surface area contributed by atoms with Crippen LogP contribution in [0.5, 0.6) is 0 Å². The number of nitrogens with two attached hydrogens (primary N) is 1. The zero-order valence-corrected chi connectivity index (χ0v) is 12.2. The molecule has 0 spiro atoms. The van der Waals surface area contributed by atoms with Crippen LogP contribution in [0.3, 0.4) is 0 Å². The molecule has 0 saturated carbocycles. The van der Waals surface area contributed by atoms with Crippen molar-refractivity contribution in [3.05, 3.63) is 38.9 Å². The fourth-order valence-corrected chi connectivity index (χ4v) is 2.86. The predicted octanol–water partition coefficient (Wildman–Crippen LogP) is 1.42. The number of fused-ring (bicyclic) bond motifs is 1. The summed E-state index contributed by atoms with van der Waals surface area (Å²) < 4.78 is 0. The molecular weight excluding hydrogens is 270 g/mol. The molecule has 2 N–H and O–H groups in total. The van der Waals surface area contributed by atoms with Crippen molar-refractivity contribution in [3.63, 3.8) is 0 Å². The van der Waals surface area contributed by atoms with Gasteiger partial charge in [-0.3, -0.25) is 14.9 Å². The number of nitro groups is 1. The largest absolute Gasteiger partial charge is 0.370 e. The van der Waals surface area contributed by atoms with Gasteiger partial charge >= 0.3 is 0 Å². The monoisotopic (exact) mass is 291 g/mol. The Kier molecular flexibility index (Phi) is 4.90. The van der Waals surface area contributed by atoms with Crippen molar-refractivity contribution in [2.24, 2.45) is 5.73 Å². The maximum Gasteiger partial charge on any atom is 0.214 e. The molecule has 21 heavy (non-hydrogen) atoms. The zero-order valence-electron chi connectivity index (χ0n) is 12.2. The normalized spacial score (nSPS) is 14.9. The minimum Gasteiger partial charge on any atom is -0.370 e. The zero-order chi connectivity index (χ0) is 15.4. The molecule has 1 aliphatic rings. The molecule has 0 saturated heterocycles. The number of aldehydes is 1. The first-order valence-corrected chi connectivity index (χ1v) is 7.26. The van der Waals surface area contributed by atoms with Gasteiger partial charge in [0.1, 0.15) is 0 Å². The number of hydrogen-bond donors (Lipinski definition) is 1. The van der Waals surface area contributed by atoms with Gasteiger partial charge in [0.25, 0.3) is 0 Å². The molecule has 1 aromatic rings. The van der Waals surface area contributed by atoms with Gasteiger partial charge in [0.05, 0.1) is 5.69 Å². The minimum atomic E-state index is -0.641. The Morgan fingerprint density at radius 1 is 1.52 bits per heavy atom. The number of nitrogens with zero attached hydrogens (tertiary/aromatic N) is 2. The number of hydrogen-bond acceptors (Lipinski definition) is 5. The number of carbonyl (C=O) groups excluding carboxylic acids is 1. The number of rotatable bonds is 7. The molecule has 0 aliphatic carbocycles. The van der Waals surface area contributed by atoms with Gasteiger partial charge in [0, 0.05) is 36.9 Å². The van der Waals surface area contributed by atoms with E-state index in [-0.39, 0.29) is 4.92 Å². The lowest BCUT2D eigenvalue weighted by atomic mass is 9.99. The van der Waals surface area contributed by atoms with Crippen LogP contribution in [0.1, 0.15) is 34.8 Å². The summed E-state index contributed by atoms with van der Waals surface area (Å²) in [6.45, 7) is 3.93. The Morgan fingerprint density at radius 2 is 2.29 bits per heavy atom. The van der Waals surface area contributed by atoms with Crippen LogP contribution in [-0.2, 0) is 12.8 Å². The van der Waals surface area contributed by atoms with Crippen LogP contribution < -0.4 is 10.6 Å². The van der Waals surface area contributed by atoms with E-state index in [2.05, 4.69) is 4.90 Å². The first kappa shape index (κ1) is 15.4. The van der Waals surface area contributed by atoms with E-state index in [4.69, 9.17) is 5.73 Å². The van der Waals surface area contributed by atoms with E-state index >= 15 is 0 Å². The van der Waals surface area contributed by atoms with E-state index < -0.39 is 6.04 Å². The van der Waals surface area contributed by atoms with Crippen LogP contribution in [0.4, 0.5) is 5.69 Å². The van der Waals surface area contributed by atoms with Gasteiger partial charge < -0.3 is 10.6 Å². The van der Waals surface area contributed by atoms with Crippen LogP contribution in [0, 0.1) is 10.1 Å². The molecular formula is C15H21N3O3. The van der Waals surface area contributed by atoms with Crippen molar-refractivity contribution in [3.8, 4) is 0 Å². The first-order chi connectivity index (χ1) is 10.1. The second-order valence-electron chi connectivity index (χ2n) is 5.53. The van der Waals surface area contributed by atoms with Gasteiger partial charge in [0.2, 0.25) is 6.04 Å². The summed E-state index contributed by atoms with van der Waals surface area (Å²) in [7, 11) is 0. The molecule has 0 amide bonds. The molecule has 1 unspecified atom stereocenters. The smallest absolute Gasteiger partial charge is 0.214 e. The average molecular weight is 291 g/mol. The Labute approximate surface area is 124 Å². The lowest BCUT2D eigenvalue weighted by Crippen LogP contribution is -2.24. The lowest BCUT2D eigenvalue weighted by molar-refractivity contribution is -0.517. The quantitative estimate of drug-likeness (QED) is 0.466. The van der Waals surface area contributed by atoms with Crippen LogP contribution >= 0.6 is 0 Å². The predicted molar refractivity (Wildman–Crippen MR) is 81.6 cm³/mol. The molecule has 2 rings (SSSR count). The topological polar surface area (TPSA) is 89.5 Å². The Bertz CT molecular complexity index is 545. The summed E-state index contributed by atoms with van der Waals surface area (Å²) in [5, 5.41) is 10.8. The van der Waals surface area contributed by atoms with Crippen molar-refractivity contribution >= 4 is 12.0 Å². The van der Waals surface area contributed by atoms with Crippen molar-refractivity contribution in [1.29, 1.82) is 0 Å². The van der Waals surface area contributed by atoms with Crippen LogP contribution in [0.15, 0.2) is 12.1 Å². The third kappa shape index (κ3) is 3.39. The van der Waals surface area contributed by atoms with Gasteiger partial charge in [-0.1, -0.05) is 6.07 Å². The van der Waals surface area contributed by atoms with Gasteiger partial charge in [-0.2, -0.15) is 0 Å². The van der Waals surface area contributed by atoms with Crippen LogP contribution in [0.2, 0.25) is 0 Å². The number of carbonyl (C=O) groups is 1. The van der Waals surface area contributed by atoms with E-state index in [9.17, 15) is 14.9 Å². The van der Waals surface area contributed by atoms with Crippen LogP contribution in [-0.4, -0.2) is 36.9 Å². The molecule has 1 aliphatic heterocycles. The molecule has 0 fully saturated rings. The maximum absolute atomic E-state index is 11.4. The molecule has 1 heterocycles. The number of benzene rings is 1. The van der Waals surface area contributed by atoms with E-state index in [0.717, 1.165) is 49.0 Å². The highest BCUT2D eigenvalue weighted by atomic mass is 16.6. The first-order valence-electron chi connectivity index (χ1n) is 7.26. The van der Waals surface area contributed by atoms with E-state index in [1.807, 2.05) is 6.07 Å². The van der Waals surface area contributed by atoms with Gasteiger partial charge in [-0.25, -0.2) is 0 Å². The van der Waals surface area contributed by atoms with E-state index in [1.54, 1.807) is 13.0 Å². The van der Waals surface area contributed by atoms with Crippen molar-refractivity contribution in [2.45, 2.75) is 32.2 Å².